The molecule has 0 saturated carbocycles. The van der Waals surface area contributed by atoms with E-state index in [4.69, 9.17) is 4.42 Å². The maximum Gasteiger partial charge on any atom is 0.228 e. The van der Waals surface area contributed by atoms with Crippen LogP contribution < -0.4 is 5.32 Å². The molecule has 0 fully saturated rings. The Morgan fingerprint density at radius 1 is 1.24 bits per heavy atom. The van der Waals surface area contributed by atoms with Crippen molar-refractivity contribution >= 4 is 45.2 Å². The van der Waals surface area contributed by atoms with Gasteiger partial charge in [0, 0.05) is 20.2 Å². The Kier molecular flexibility index (Phi) is 3.96. The molecule has 0 aliphatic heterocycles. The maximum atomic E-state index is 12.1. The molecule has 1 N–H and O–H groups in total. The molecule has 1 aromatic heterocycles. The summed E-state index contributed by atoms with van der Waals surface area (Å²) in [6.45, 7) is 2.02. The van der Waals surface area contributed by atoms with Gasteiger partial charge in [0.25, 0.3) is 0 Å². The van der Waals surface area contributed by atoms with E-state index in [1.807, 2.05) is 49.4 Å². The summed E-state index contributed by atoms with van der Waals surface area (Å²) in [6.07, 6.45) is 1.97. The number of rotatable bonds is 3. The number of anilines is 1. The lowest BCUT2D eigenvalue weighted by molar-refractivity contribution is -0.115. The number of hydrogen-bond acceptors (Lipinski definition) is 2. The highest BCUT2D eigenvalue weighted by molar-refractivity contribution is 14.1. The number of benzene rings is 2. The Morgan fingerprint density at radius 2 is 2.10 bits per heavy atom. The largest absolute Gasteiger partial charge is 0.464 e. The number of nitrogens with one attached hydrogen (secondary N) is 1. The van der Waals surface area contributed by atoms with Crippen LogP contribution in [-0.2, 0) is 11.2 Å². The van der Waals surface area contributed by atoms with E-state index in [9.17, 15) is 4.79 Å². The third-order valence-electron chi connectivity index (χ3n) is 3.27. The first-order chi connectivity index (χ1) is 10.1. The number of hydrogen-bond donors (Lipinski definition) is 1. The fourth-order valence-electron chi connectivity index (χ4n) is 2.27. The standard InChI is InChI=1S/C17H14INO2/c1-11-5-6-15-12(10-21-16(15)7-11)8-17(20)19-14-4-2-3-13(18)9-14/h2-7,9-10H,8H2,1H3,(H,19,20). The van der Waals surface area contributed by atoms with Crippen LogP contribution in [0.5, 0.6) is 0 Å². The van der Waals surface area contributed by atoms with Gasteiger partial charge in [0.2, 0.25) is 5.91 Å². The first-order valence-electron chi connectivity index (χ1n) is 6.64. The minimum atomic E-state index is -0.0414. The van der Waals surface area contributed by atoms with Gasteiger partial charge in [-0.25, -0.2) is 0 Å². The fraction of sp³-hybridized carbons (Fsp3) is 0.118. The number of carbonyl (C=O) groups is 1. The molecule has 3 rings (SSSR count). The molecule has 0 bridgehead atoms. The molecule has 0 radical (unpaired) electrons. The Morgan fingerprint density at radius 3 is 2.90 bits per heavy atom. The van der Waals surface area contributed by atoms with Gasteiger partial charge in [-0.2, -0.15) is 0 Å². The summed E-state index contributed by atoms with van der Waals surface area (Å²) in [6, 6.07) is 13.7. The van der Waals surface area contributed by atoms with Gasteiger partial charge in [-0.3, -0.25) is 4.79 Å². The van der Waals surface area contributed by atoms with Crippen molar-refractivity contribution in [1.29, 1.82) is 0 Å². The van der Waals surface area contributed by atoms with Gasteiger partial charge in [0.05, 0.1) is 12.7 Å². The average Bonchev–Trinajstić information content (AvgIpc) is 2.81. The van der Waals surface area contributed by atoms with Crippen LogP contribution in [0.2, 0.25) is 0 Å². The van der Waals surface area contributed by atoms with Gasteiger partial charge in [0.1, 0.15) is 5.58 Å². The molecule has 4 heteroatoms. The first kappa shape index (κ1) is 14.1. The summed E-state index contributed by atoms with van der Waals surface area (Å²) >= 11 is 2.22. The van der Waals surface area contributed by atoms with Gasteiger partial charge in [-0.05, 0) is 59.3 Å². The molecule has 3 nitrogen and oxygen atoms in total. The zero-order valence-electron chi connectivity index (χ0n) is 11.5. The highest BCUT2D eigenvalue weighted by atomic mass is 127. The zero-order chi connectivity index (χ0) is 14.8. The van der Waals surface area contributed by atoms with Crippen LogP contribution in [0, 0.1) is 10.5 Å². The highest BCUT2D eigenvalue weighted by Gasteiger charge is 2.10. The molecule has 0 aliphatic carbocycles. The van der Waals surface area contributed by atoms with Crippen molar-refractivity contribution in [1.82, 2.24) is 0 Å². The number of fused-ring (bicyclic) bond motifs is 1. The molecular formula is C17H14INO2. The number of furan rings is 1. The summed E-state index contributed by atoms with van der Waals surface area (Å²) in [5.74, 6) is -0.0414. The van der Waals surface area contributed by atoms with Gasteiger partial charge < -0.3 is 9.73 Å². The normalized spacial score (nSPS) is 10.8. The molecule has 21 heavy (non-hydrogen) atoms. The van der Waals surface area contributed by atoms with Crippen LogP contribution in [0.15, 0.2) is 53.1 Å². The molecule has 1 heterocycles. The number of halogens is 1. The van der Waals surface area contributed by atoms with Crippen LogP contribution in [-0.4, -0.2) is 5.91 Å². The van der Waals surface area contributed by atoms with E-state index in [1.165, 1.54) is 0 Å². The van der Waals surface area contributed by atoms with Gasteiger partial charge >= 0.3 is 0 Å². The predicted octanol–water partition coefficient (Wildman–Crippen LogP) is 4.53. The number of aryl methyl sites for hydroxylation is 1. The van der Waals surface area contributed by atoms with E-state index in [0.717, 1.165) is 31.4 Å². The van der Waals surface area contributed by atoms with Crippen LogP contribution in [0.3, 0.4) is 0 Å². The topological polar surface area (TPSA) is 42.2 Å². The molecule has 0 spiro atoms. The molecule has 0 saturated heterocycles. The average molecular weight is 391 g/mol. The molecule has 0 atom stereocenters. The van der Waals surface area contributed by atoms with Crippen molar-refractivity contribution in [2.24, 2.45) is 0 Å². The minimum absolute atomic E-state index is 0.0414. The molecule has 2 aromatic carbocycles. The van der Waals surface area contributed by atoms with Gasteiger partial charge in [-0.15, -0.1) is 0 Å². The molecule has 0 unspecified atom stereocenters. The van der Waals surface area contributed by atoms with E-state index in [-0.39, 0.29) is 5.91 Å². The summed E-state index contributed by atoms with van der Waals surface area (Å²) in [5, 5.41) is 3.91. The van der Waals surface area contributed by atoms with Crippen LogP contribution in [0.4, 0.5) is 5.69 Å². The van der Waals surface area contributed by atoms with Crippen molar-refractivity contribution in [2.45, 2.75) is 13.3 Å². The van der Waals surface area contributed by atoms with Crippen molar-refractivity contribution in [2.75, 3.05) is 5.32 Å². The second-order valence-electron chi connectivity index (χ2n) is 5.00. The smallest absolute Gasteiger partial charge is 0.228 e. The molecule has 106 valence electrons. The summed E-state index contributed by atoms with van der Waals surface area (Å²) in [7, 11) is 0. The Labute approximate surface area is 136 Å². The monoisotopic (exact) mass is 391 g/mol. The highest BCUT2D eigenvalue weighted by Crippen LogP contribution is 2.23. The first-order valence-corrected chi connectivity index (χ1v) is 7.72. The third-order valence-corrected chi connectivity index (χ3v) is 3.94. The Balaban J connectivity index is 1.77. The van der Waals surface area contributed by atoms with Crippen LogP contribution in [0.25, 0.3) is 11.0 Å². The predicted molar refractivity (Wildman–Crippen MR) is 92.4 cm³/mol. The molecule has 1 amide bonds. The Bertz CT molecular complexity index is 807. The lowest BCUT2D eigenvalue weighted by atomic mass is 10.1. The van der Waals surface area contributed by atoms with Crippen molar-refractivity contribution < 1.29 is 9.21 Å². The summed E-state index contributed by atoms with van der Waals surface area (Å²) in [4.78, 5) is 12.1. The van der Waals surface area contributed by atoms with E-state index in [1.54, 1.807) is 6.26 Å². The lowest BCUT2D eigenvalue weighted by Crippen LogP contribution is -2.14. The quantitative estimate of drug-likeness (QED) is 0.667. The van der Waals surface area contributed by atoms with E-state index >= 15 is 0 Å². The summed E-state index contributed by atoms with van der Waals surface area (Å²) in [5.41, 5.74) is 3.70. The Hall–Kier alpha value is -1.82. The fourth-order valence-corrected chi connectivity index (χ4v) is 2.81. The van der Waals surface area contributed by atoms with E-state index < -0.39 is 0 Å². The second kappa shape index (κ2) is 5.89. The zero-order valence-corrected chi connectivity index (χ0v) is 13.7. The van der Waals surface area contributed by atoms with Crippen molar-refractivity contribution in [3.8, 4) is 0 Å². The third kappa shape index (κ3) is 3.26. The molecule has 0 aliphatic rings. The van der Waals surface area contributed by atoms with Gasteiger partial charge in [0.15, 0.2) is 0 Å². The van der Waals surface area contributed by atoms with Crippen molar-refractivity contribution in [3.63, 3.8) is 0 Å². The van der Waals surface area contributed by atoms with Crippen LogP contribution >= 0.6 is 22.6 Å². The molecule has 3 aromatic rings. The van der Waals surface area contributed by atoms with Crippen LogP contribution in [0.1, 0.15) is 11.1 Å². The lowest BCUT2D eigenvalue weighted by Gasteiger charge is -2.05. The molecular weight excluding hydrogens is 377 g/mol. The number of carbonyl (C=O) groups excluding carboxylic acids is 1. The SMILES string of the molecule is Cc1ccc2c(CC(=O)Nc3cccc(I)c3)coc2c1. The maximum absolute atomic E-state index is 12.1. The van der Waals surface area contributed by atoms with Crippen molar-refractivity contribution in [3.05, 3.63) is 63.4 Å². The number of amides is 1. The summed E-state index contributed by atoms with van der Waals surface area (Å²) < 4.78 is 6.61. The van der Waals surface area contributed by atoms with Gasteiger partial charge in [-0.1, -0.05) is 18.2 Å². The van der Waals surface area contributed by atoms with E-state index in [2.05, 4.69) is 27.9 Å². The minimum Gasteiger partial charge on any atom is -0.464 e. The second-order valence-corrected chi connectivity index (χ2v) is 6.24. The van der Waals surface area contributed by atoms with E-state index in [0.29, 0.717) is 6.42 Å².